The summed E-state index contributed by atoms with van der Waals surface area (Å²) in [5.41, 5.74) is 1.40. The first-order chi connectivity index (χ1) is 7.22. The van der Waals surface area contributed by atoms with E-state index in [4.69, 9.17) is 16.4 Å². The van der Waals surface area contributed by atoms with Crippen molar-refractivity contribution in [3.05, 3.63) is 29.6 Å². The number of rotatable bonds is 2. The summed E-state index contributed by atoms with van der Waals surface area (Å²) in [7, 11) is 0. The third kappa shape index (κ3) is 1.51. The number of nitrogens with two attached hydrogens (primary N) is 1. The van der Waals surface area contributed by atoms with Crippen LogP contribution in [0.3, 0.4) is 0 Å². The highest BCUT2D eigenvalue weighted by molar-refractivity contribution is 5.36. The third-order valence-corrected chi connectivity index (χ3v) is 2.84. The lowest BCUT2D eigenvalue weighted by atomic mass is 9.99. The van der Waals surface area contributed by atoms with Crippen molar-refractivity contribution in [2.75, 3.05) is 5.84 Å². The van der Waals surface area contributed by atoms with E-state index in [0.29, 0.717) is 0 Å². The Kier molecular flexibility index (Phi) is 2.06. The Morgan fingerprint density at radius 2 is 2.13 bits per heavy atom. The highest BCUT2D eigenvalue weighted by Crippen LogP contribution is 2.46. The monoisotopic (exact) mass is 199 g/mol. The number of hydrogen-bond donors (Lipinski definition) is 1. The normalized spacial score (nSPS) is 16.4. The maximum absolute atomic E-state index is 9.02. The minimum atomic E-state index is -0.313. The summed E-state index contributed by atoms with van der Waals surface area (Å²) in [6, 6.07) is 8.07. The van der Waals surface area contributed by atoms with Gasteiger partial charge in [0.05, 0.1) is 17.6 Å². The van der Waals surface area contributed by atoms with Gasteiger partial charge in [-0.15, -0.1) is 0 Å². The fraction of sp³-hybridized carbons (Fsp3) is 0.364. The first-order valence-corrected chi connectivity index (χ1v) is 4.80. The summed E-state index contributed by atoms with van der Waals surface area (Å²) in [5.74, 6) is 5.74. The van der Waals surface area contributed by atoms with E-state index in [9.17, 15) is 0 Å². The van der Waals surface area contributed by atoms with Gasteiger partial charge in [-0.1, -0.05) is 4.68 Å². The second-order valence-electron chi connectivity index (χ2n) is 3.85. The van der Waals surface area contributed by atoms with Crippen LogP contribution in [0.25, 0.3) is 0 Å². The summed E-state index contributed by atoms with van der Waals surface area (Å²) >= 11 is 0. The van der Waals surface area contributed by atoms with E-state index >= 15 is 0 Å². The molecule has 0 bridgehead atoms. The van der Waals surface area contributed by atoms with E-state index in [2.05, 4.69) is 6.07 Å². The van der Waals surface area contributed by atoms with Crippen LogP contribution in [0.2, 0.25) is 0 Å². The quantitative estimate of drug-likeness (QED) is 0.550. The van der Waals surface area contributed by atoms with Gasteiger partial charge in [0, 0.05) is 11.6 Å². The molecule has 0 unspecified atom stereocenters. The minimum Gasteiger partial charge on any atom is -0.205 e. The van der Waals surface area contributed by atoms with Crippen LogP contribution in [0.1, 0.15) is 24.1 Å². The number of nitrogen functional groups attached to an aromatic ring is 1. The van der Waals surface area contributed by atoms with Gasteiger partial charge >= 0.3 is 0 Å². The molecule has 0 radical (unpaired) electrons. The first-order valence-electron chi connectivity index (χ1n) is 4.80. The van der Waals surface area contributed by atoms with Crippen LogP contribution in [-0.2, 0) is 11.8 Å². The van der Waals surface area contributed by atoms with Gasteiger partial charge in [-0.25, -0.2) is 5.84 Å². The minimum absolute atomic E-state index is 0.288. The molecule has 1 aliphatic carbocycles. The molecule has 0 spiro atoms. The zero-order valence-electron chi connectivity index (χ0n) is 8.27. The molecule has 4 nitrogen and oxygen atoms in total. The van der Waals surface area contributed by atoms with Crippen molar-refractivity contribution in [3.63, 3.8) is 0 Å². The average Bonchev–Trinajstić information content (AvgIpc) is 3.02. The summed E-state index contributed by atoms with van der Waals surface area (Å²) < 4.78 is 1.44. The Morgan fingerprint density at radius 3 is 2.60 bits per heavy atom. The Labute approximate surface area is 88.1 Å². The summed E-state index contributed by atoms with van der Waals surface area (Å²) in [6.07, 6.45) is 3.85. The zero-order valence-corrected chi connectivity index (χ0v) is 8.27. The van der Waals surface area contributed by atoms with Gasteiger partial charge in [0.15, 0.2) is 0 Å². The van der Waals surface area contributed by atoms with Crippen molar-refractivity contribution < 1.29 is 4.68 Å². The lowest BCUT2D eigenvalue weighted by Gasteiger charge is -2.03. The second-order valence-corrected chi connectivity index (χ2v) is 3.85. The molecule has 0 aliphatic heterocycles. The Balaban J connectivity index is 2.36. The van der Waals surface area contributed by atoms with Gasteiger partial charge in [0.1, 0.15) is 6.42 Å². The molecule has 1 aromatic heterocycles. The lowest BCUT2D eigenvalue weighted by molar-refractivity contribution is -0.646. The molecule has 1 saturated carbocycles. The van der Waals surface area contributed by atoms with Crippen LogP contribution >= 0.6 is 0 Å². The number of hydrogen-bond acceptors (Lipinski definition) is 3. The van der Waals surface area contributed by atoms with E-state index in [1.54, 1.807) is 6.20 Å². The Bertz CT molecular complexity index is 474. The van der Waals surface area contributed by atoms with Gasteiger partial charge < -0.3 is 0 Å². The summed E-state index contributed by atoms with van der Waals surface area (Å²) in [6.45, 7) is 0. The fourth-order valence-electron chi connectivity index (χ4n) is 1.65. The number of aromatic nitrogens is 1. The SMILES string of the molecule is N#CCc1ccc(C2(C#N)CC2)c[n+]1N. The van der Waals surface area contributed by atoms with E-state index in [1.807, 2.05) is 18.2 Å². The van der Waals surface area contributed by atoms with Gasteiger partial charge in [-0.2, -0.15) is 10.5 Å². The highest BCUT2D eigenvalue weighted by atomic mass is 15.3. The van der Waals surface area contributed by atoms with Gasteiger partial charge in [-0.05, 0) is 18.9 Å². The highest BCUT2D eigenvalue weighted by Gasteiger charge is 2.46. The molecule has 15 heavy (non-hydrogen) atoms. The van der Waals surface area contributed by atoms with Crippen molar-refractivity contribution in [1.29, 1.82) is 10.5 Å². The average molecular weight is 199 g/mol. The molecule has 4 heteroatoms. The van der Waals surface area contributed by atoms with E-state index < -0.39 is 0 Å². The number of pyridine rings is 1. The van der Waals surface area contributed by atoms with Crippen LogP contribution in [0.5, 0.6) is 0 Å². The van der Waals surface area contributed by atoms with Gasteiger partial charge in [-0.3, -0.25) is 0 Å². The standard InChI is InChI=1S/C11H11N4/c12-6-3-10-2-1-9(7-15(10)14)11(8-13)4-5-11/h1-2,7H,3-5,14H2/q+1. The molecule has 0 amide bonds. The largest absolute Gasteiger partial charge is 0.225 e. The van der Waals surface area contributed by atoms with Crippen LogP contribution in [0, 0.1) is 22.7 Å². The fourth-order valence-corrected chi connectivity index (χ4v) is 1.65. The second kappa shape index (κ2) is 3.25. The van der Waals surface area contributed by atoms with E-state index in [1.165, 1.54) is 4.68 Å². The van der Waals surface area contributed by atoms with Crippen LogP contribution in [0.15, 0.2) is 18.3 Å². The molecule has 1 heterocycles. The van der Waals surface area contributed by atoms with E-state index in [0.717, 1.165) is 24.1 Å². The molecular formula is C11H11N4+. The van der Waals surface area contributed by atoms with Crippen molar-refractivity contribution in [2.45, 2.75) is 24.7 Å². The summed E-state index contributed by atoms with van der Waals surface area (Å²) in [5, 5.41) is 17.6. The maximum atomic E-state index is 9.02. The maximum Gasteiger partial charge on any atom is 0.225 e. The van der Waals surface area contributed by atoms with Crippen LogP contribution in [-0.4, -0.2) is 0 Å². The molecule has 0 atom stereocenters. The topological polar surface area (TPSA) is 77.5 Å². The van der Waals surface area contributed by atoms with E-state index in [-0.39, 0.29) is 11.8 Å². The molecule has 1 aliphatic rings. The molecule has 1 fully saturated rings. The lowest BCUT2D eigenvalue weighted by Crippen LogP contribution is -2.48. The van der Waals surface area contributed by atoms with Gasteiger partial charge in [0.25, 0.3) is 0 Å². The first kappa shape index (κ1) is 9.48. The molecule has 1 aromatic rings. The smallest absolute Gasteiger partial charge is 0.205 e. The molecule has 0 saturated heterocycles. The molecule has 2 rings (SSSR count). The van der Waals surface area contributed by atoms with Crippen molar-refractivity contribution in [1.82, 2.24) is 0 Å². The summed E-state index contributed by atoms with van der Waals surface area (Å²) in [4.78, 5) is 0. The zero-order chi connectivity index (χ0) is 10.9. The number of nitriles is 2. The third-order valence-electron chi connectivity index (χ3n) is 2.84. The molecule has 0 aromatic carbocycles. The molecule has 74 valence electrons. The predicted octanol–water partition coefficient (Wildman–Crippen LogP) is 0.309. The Hall–Kier alpha value is -2.07. The van der Waals surface area contributed by atoms with Crippen molar-refractivity contribution in [2.24, 2.45) is 0 Å². The predicted molar refractivity (Wildman–Crippen MR) is 52.6 cm³/mol. The Morgan fingerprint density at radius 1 is 1.40 bits per heavy atom. The van der Waals surface area contributed by atoms with Crippen LogP contribution < -0.4 is 10.5 Å². The van der Waals surface area contributed by atoms with Gasteiger partial charge in [0.2, 0.25) is 11.9 Å². The van der Waals surface area contributed by atoms with Crippen LogP contribution in [0.4, 0.5) is 0 Å². The molecule has 2 N–H and O–H groups in total. The number of nitrogens with zero attached hydrogens (tertiary/aromatic N) is 3. The van der Waals surface area contributed by atoms with Crippen molar-refractivity contribution >= 4 is 0 Å². The van der Waals surface area contributed by atoms with Crippen molar-refractivity contribution in [3.8, 4) is 12.1 Å². The molecular weight excluding hydrogens is 188 g/mol.